The maximum Gasteiger partial charge on any atom is 0.441 e. The van der Waals surface area contributed by atoms with Gasteiger partial charge in [0.2, 0.25) is 0 Å². The number of alkyl carbamates (subject to hydrolysis) is 1. The van der Waals surface area contributed by atoms with Crippen LogP contribution in [0.1, 0.15) is 18.9 Å². The predicted molar refractivity (Wildman–Crippen MR) is 72.4 cm³/mol. The predicted octanol–water partition coefficient (Wildman–Crippen LogP) is 3.94. The molecule has 0 aromatic heterocycles. The van der Waals surface area contributed by atoms with E-state index in [0.717, 1.165) is 5.56 Å². The molecule has 1 N–H and O–H groups in total. The lowest BCUT2D eigenvalue weighted by atomic mass is 10.2. The zero-order chi connectivity index (χ0) is 15.0. The largest absolute Gasteiger partial charge is 0.445 e. The first-order valence-electron chi connectivity index (χ1n) is 6.08. The van der Waals surface area contributed by atoms with Gasteiger partial charge in [0.15, 0.2) is 0 Å². The molecular weight excluding hydrogens is 291 g/mol. The number of carbonyl (C=O) groups is 1. The van der Waals surface area contributed by atoms with E-state index in [-0.39, 0.29) is 24.1 Å². The van der Waals surface area contributed by atoms with Gasteiger partial charge in [-0.15, -0.1) is 0 Å². The van der Waals surface area contributed by atoms with Gasteiger partial charge >= 0.3 is 11.6 Å². The standard InChI is InChI=1S/C13H16F3NO2S/c1-2-11(9-20-13(14,15)16)17-12(18)19-8-10-6-4-3-5-7-10/h3-7,11H,2,8-9H2,1H3,(H,17,18). The highest BCUT2D eigenvalue weighted by molar-refractivity contribution is 8.00. The van der Waals surface area contributed by atoms with Gasteiger partial charge in [-0.2, -0.15) is 13.2 Å². The number of amides is 1. The fraction of sp³-hybridized carbons (Fsp3) is 0.462. The maximum absolute atomic E-state index is 12.1. The van der Waals surface area contributed by atoms with Crippen molar-refractivity contribution in [1.82, 2.24) is 5.32 Å². The monoisotopic (exact) mass is 307 g/mol. The Bertz CT molecular complexity index is 412. The summed E-state index contributed by atoms with van der Waals surface area (Å²) >= 11 is -0.148. The lowest BCUT2D eigenvalue weighted by Gasteiger charge is -2.17. The van der Waals surface area contributed by atoms with Crippen LogP contribution >= 0.6 is 11.8 Å². The summed E-state index contributed by atoms with van der Waals surface area (Å²) < 4.78 is 41.2. The minimum absolute atomic E-state index is 0.0928. The third kappa shape index (κ3) is 7.28. The zero-order valence-electron chi connectivity index (χ0n) is 10.9. The fourth-order valence-corrected chi connectivity index (χ4v) is 2.10. The van der Waals surface area contributed by atoms with Crippen molar-refractivity contribution in [3.05, 3.63) is 35.9 Å². The van der Waals surface area contributed by atoms with Gasteiger partial charge in [-0.25, -0.2) is 4.79 Å². The summed E-state index contributed by atoms with van der Waals surface area (Å²) in [5.74, 6) is -0.222. The lowest BCUT2D eigenvalue weighted by molar-refractivity contribution is -0.0329. The van der Waals surface area contributed by atoms with E-state index in [2.05, 4.69) is 5.32 Å². The van der Waals surface area contributed by atoms with E-state index in [1.54, 1.807) is 19.1 Å². The smallest absolute Gasteiger partial charge is 0.441 e. The lowest BCUT2D eigenvalue weighted by Crippen LogP contribution is -2.37. The average molecular weight is 307 g/mol. The normalized spacial score (nSPS) is 12.8. The maximum atomic E-state index is 12.1. The van der Waals surface area contributed by atoms with Crippen molar-refractivity contribution in [2.24, 2.45) is 0 Å². The first-order chi connectivity index (χ1) is 9.40. The number of benzene rings is 1. The summed E-state index contributed by atoms with van der Waals surface area (Å²) in [6.07, 6.45) is -0.299. The molecule has 20 heavy (non-hydrogen) atoms. The number of rotatable bonds is 6. The molecule has 0 spiro atoms. The molecule has 0 aliphatic rings. The molecule has 1 atom stereocenters. The summed E-state index contributed by atoms with van der Waals surface area (Å²) in [6, 6.07) is 8.49. The molecule has 0 saturated carbocycles. The van der Waals surface area contributed by atoms with Crippen molar-refractivity contribution >= 4 is 17.9 Å². The van der Waals surface area contributed by atoms with Crippen LogP contribution in [0.5, 0.6) is 0 Å². The molecule has 0 bridgehead atoms. The zero-order valence-corrected chi connectivity index (χ0v) is 11.8. The summed E-state index contributed by atoms with van der Waals surface area (Å²) in [6.45, 7) is 1.80. The summed E-state index contributed by atoms with van der Waals surface area (Å²) in [7, 11) is 0. The molecule has 7 heteroatoms. The van der Waals surface area contributed by atoms with Crippen molar-refractivity contribution in [3.8, 4) is 0 Å². The van der Waals surface area contributed by atoms with Crippen LogP contribution in [-0.2, 0) is 11.3 Å². The first kappa shape index (κ1) is 16.7. The number of thioether (sulfide) groups is 1. The average Bonchev–Trinajstić information content (AvgIpc) is 2.41. The van der Waals surface area contributed by atoms with Crippen LogP contribution in [0.15, 0.2) is 30.3 Å². The second kappa shape index (κ2) is 8.04. The topological polar surface area (TPSA) is 38.3 Å². The second-order valence-corrected chi connectivity index (χ2v) is 5.15. The van der Waals surface area contributed by atoms with E-state index < -0.39 is 17.6 Å². The first-order valence-corrected chi connectivity index (χ1v) is 7.07. The Hall–Kier alpha value is -1.37. The Morgan fingerprint density at radius 1 is 1.35 bits per heavy atom. The molecule has 1 aromatic rings. The van der Waals surface area contributed by atoms with Crippen LogP contribution in [-0.4, -0.2) is 23.4 Å². The molecule has 112 valence electrons. The highest BCUT2D eigenvalue weighted by atomic mass is 32.2. The molecule has 0 fully saturated rings. The van der Waals surface area contributed by atoms with Gasteiger partial charge in [-0.3, -0.25) is 0 Å². The minimum Gasteiger partial charge on any atom is -0.445 e. The third-order valence-electron chi connectivity index (χ3n) is 2.48. The van der Waals surface area contributed by atoms with E-state index >= 15 is 0 Å². The van der Waals surface area contributed by atoms with Gasteiger partial charge in [-0.1, -0.05) is 37.3 Å². The number of hydrogen-bond donors (Lipinski definition) is 1. The van der Waals surface area contributed by atoms with Crippen LogP contribution in [0, 0.1) is 0 Å². The Morgan fingerprint density at radius 3 is 2.55 bits per heavy atom. The van der Waals surface area contributed by atoms with Gasteiger partial charge in [0.1, 0.15) is 6.61 Å². The van der Waals surface area contributed by atoms with Gasteiger partial charge in [0.05, 0.1) is 0 Å². The summed E-state index contributed by atoms with van der Waals surface area (Å²) in [5, 5.41) is 2.43. The summed E-state index contributed by atoms with van der Waals surface area (Å²) in [4.78, 5) is 11.5. The Morgan fingerprint density at radius 2 is 2.00 bits per heavy atom. The van der Waals surface area contributed by atoms with E-state index in [4.69, 9.17) is 4.74 Å². The van der Waals surface area contributed by atoms with E-state index in [1.807, 2.05) is 18.2 Å². The van der Waals surface area contributed by atoms with Gasteiger partial charge < -0.3 is 10.1 Å². The number of carbonyl (C=O) groups excluding carboxylic acids is 1. The second-order valence-electron chi connectivity index (χ2n) is 4.07. The molecule has 1 unspecified atom stereocenters. The van der Waals surface area contributed by atoms with Crippen molar-refractivity contribution in [2.45, 2.75) is 31.5 Å². The van der Waals surface area contributed by atoms with Crippen LogP contribution in [0.4, 0.5) is 18.0 Å². The number of nitrogens with one attached hydrogen (secondary N) is 1. The molecule has 0 radical (unpaired) electrons. The number of halogens is 3. The SMILES string of the molecule is CCC(CSC(F)(F)F)NC(=O)OCc1ccccc1. The Balaban J connectivity index is 2.32. The van der Waals surface area contributed by atoms with Crippen molar-refractivity contribution in [3.63, 3.8) is 0 Å². The highest BCUT2D eigenvalue weighted by Gasteiger charge is 2.29. The van der Waals surface area contributed by atoms with E-state index in [9.17, 15) is 18.0 Å². The van der Waals surface area contributed by atoms with E-state index in [1.165, 1.54) is 0 Å². The van der Waals surface area contributed by atoms with Gasteiger partial charge in [-0.05, 0) is 23.7 Å². The van der Waals surface area contributed by atoms with Crippen molar-refractivity contribution < 1.29 is 22.7 Å². The molecular formula is C13H16F3NO2S. The van der Waals surface area contributed by atoms with Gasteiger partial charge in [0.25, 0.3) is 0 Å². The molecule has 1 aromatic carbocycles. The van der Waals surface area contributed by atoms with Crippen LogP contribution in [0.3, 0.4) is 0 Å². The van der Waals surface area contributed by atoms with Crippen molar-refractivity contribution in [1.29, 1.82) is 0 Å². The molecule has 0 aliphatic carbocycles. The van der Waals surface area contributed by atoms with Crippen LogP contribution < -0.4 is 5.32 Å². The number of alkyl halides is 3. The highest BCUT2D eigenvalue weighted by Crippen LogP contribution is 2.30. The molecule has 0 heterocycles. The number of hydrogen-bond acceptors (Lipinski definition) is 3. The Kier molecular flexibility index (Phi) is 6.70. The fourth-order valence-electron chi connectivity index (χ4n) is 1.39. The molecule has 1 rings (SSSR count). The molecule has 1 amide bonds. The Labute approximate surface area is 119 Å². The van der Waals surface area contributed by atoms with Crippen LogP contribution in [0.2, 0.25) is 0 Å². The molecule has 0 aliphatic heterocycles. The van der Waals surface area contributed by atoms with Gasteiger partial charge in [0, 0.05) is 11.8 Å². The van der Waals surface area contributed by atoms with Crippen LogP contribution in [0.25, 0.3) is 0 Å². The molecule has 0 saturated heterocycles. The number of ether oxygens (including phenoxy) is 1. The van der Waals surface area contributed by atoms with Crippen molar-refractivity contribution in [2.75, 3.05) is 5.75 Å². The third-order valence-corrected chi connectivity index (χ3v) is 3.37. The minimum atomic E-state index is -4.29. The molecule has 3 nitrogen and oxygen atoms in total. The summed E-state index contributed by atoms with van der Waals surface area (Å²) in [5.41, 5.74) is -3.47. The van der Waals surface area contributed by atoms with E-state index in [0.29, 0.717) is 6.42 Å². The quantitative estimate of drug-likeness (QED) is 0.865.